The Kier molecular flexibility index (Phi) is 4.11. The Morgan fingerprint density at radius 1 is 1.45 bits per heavy atom. The van der Waals surface area contributed by atoms with Gasteiger partial charge in [-0.3, -0.25) is 4.79 Å². The predicted molar refractivity (Wildman–Crippen MR) is 44.2 cm³/mol. The summed E-state index contributed by atoms with van der Waals surface area (Å²) >= 11 is 0. The van der Waals surface area contributed by atoms with Gasteiger partial charge in [0.2, 0.25) is 5.91 Å². The molecule has 3 nitrogen and oxygen atoms in total. The molecule has 1 unspecified atom stereocenters. The van der Waals surface area contributed by atoms with Gasteiger partial charge < -0.3 is 10.0 Å². The number of rotatable bonds is 3. The third-order valence-corrected chi connectivity index (χ3v) is 1.65. The third kappa shape index (κ3) is 3.98. The summed E-state index contributed by atoms with van der Waals surface area (Å²) in [6, 6.07) is 0. The van der Waals surface area contributed by atoms with E-state index in [-0.39, 0.29) is 18.2 Å². The fourth-order valence-electron chi connectivity index (χ4n) is 0.597. The summed E-state index contributed by atoms with van der Waals surface area (Å²) in [7, 11) is 3.38. The van der Waals surface area contributed by atoms with Crippen LogP contribution in [0.4, 0.5) is 0 Å². The first-order valence-corrected chi connectivity index (χ1v) is 3.83. The number of nitrogens with zero attached hydrogens (tertiary/aromatic N) is 1. The van der Waals surface area contributed by atoms with Crippen LogP contribution in [0, 0.1) is 5.92 Å². The lowest BCUT2D eigenvalue weighted by Gasteiger charge is -2.16. The molecule has 0 aromatic heterocycles. The number of carbonyl (C=O) groups is 1. The van der Waals surface area contributed by atoms with E-state index < -0.39 is 6.10 Å². The molecule has 3 heteroatoms. The van der Waals surface area contributed by atoms with Gasteiger partial charge >= 0.3 is 0 Å². The van der Waals surface area contributed by atoms with Gasteiger partial charge in [-0.1, -0.05) is 13.8 Å². The smallest absolute Gasteiger partial charge is 0.224 e. The number of hydrogen-bond donors (Lipinski definition) is 1. The highest BCUT2D eigenvalue weighted by Gasteiger charge is 2.14. The summed E-state index contributed by atoms with van der Waals surface area (Å²) in [5.41, 5.74) is 0. The number of hydrogen-bond acceptors (Lipinski definition) is 2. The van der Waals surface area contributed by atoms with Gasteiger partial charge in [-0.2, -0.15) is 0 Å². The van der Waals surface area contributed by atoms with Gasteiger partial charge in [-0.15, -0.1) is 0 Å². The molecule has 0 fully saturated rings. The van der Waals surface area contributed by atoms with E-state index in [1.807, 2.05) is 13.8 Å². The van der Waals surface area contributed by atoms with E-state index in [9.17, 15) is 9.90 Å². The van der Waals surface area contributed by atoms with Crippen molar-refractivity contribution >= 4 is 5.91 Å². The van der Waals surface area contributed by atoms with Crippen LogP contribution in [0.5, 0.6) is 0 Å². The van der Waals surface area contributed by atoms with Crippen molar-refractivity contribution in [3.8, 4) is 0 Å². The van der Waals surface area contributed by atoms with Crippen LogP contribution in [-0.4, -0.2) is 36.1 Å². The van der Waals surface area contributed by atoms with Crippen LogP contribution < -0.4 is 0 Å². The van der Waals surface area contributed by atoms with E-state index in [1.165, 1.54) is 4.90 Å². The lowest BCUT2D eigenvalue weighted by Crippen LogP contribution is -2.28. The summed E-state index contributed by atoms with van der Waals surface area (Å²) in [5, 5.41) is 9.30. The van der Waals surface area contributed by atoms with E-state index in [4.69, 9.17) is 0 Å². The zero-order chi connectivity index (χ0) is 9.02. The maximum Gasteiger partial charge on any atom is 0.224 e. The summed E-state index contributed by atoms with van der Waals surface area (Å²) in [6.45, 7) is 3.79. The van der Waals surface area contributed by atoms with E-state index in [2.05, 4.69) is 0 Å². The molecule has 0 bridgehead atoms. The molecule has 0 saturated carbocycles. The standard InChI is InChI=1S/C8H17NO2/c1-6(2)7(10)5-8(11)9(3)4/h6-7,10H,5H2,1-4H3. The van der Waals surface area contributed by atoms with E-state index >= 15 is 0 Å². The van der Waals surface area contributed by atoms with Gasteiger partial charge in [-0.25, -0.2) is 0 Å². The van der Waals surface area contributed by atoms with Gasteiger partial charge in [-0.05, 0) is 5.92 Å². The second-order valence-electron chi connectivity index (χ2n) is 3.30. The quantitative estimate of drug-likeness (QED) is 0.650. The molecule has 1 amide bonds. The second-order valence-corrected chi connectivity index (χ2v) is 3.30. The lowest BCUT2D eigenvalue weighted by molar-refractivity contribution is -0.131. The Morgan fingerprint density at radius 2 is 1.91 bits per heavy atom. The largest absolute Gasteiger partial charge is 0.392 e. The van der Waals surface area contributed by atoms with Crippen LogP contribution in [0.15, 0.2) is 0 Å². The summed E-state index contributed by atoms with van der Waals surface area (Å²) in [5.74, 6) is 0.130. The molecule has 0 heterocycles. The number of aliphatic hydroxyl groups is 1. The first-order chi connectivity index (χ1) is 4.95. The minimum atomic E-state index is -0.509. The number of aliphatic hydroxyl groups excluding tert-OH is 1. The minimum Gasteiger partial charge on any atom is -0.392 e. The Morgan fingerprint density at radius 3 is 2.18 bits per heavy atom. The molecule has 0 aromatic rings. The Hall–Kier alpha value is -0.570. The van der Waals surface area contributed by atoms with Crippen molar-refractivity contribution in [3.05, 3.63) is 0 Å². The summed E-state index contributed by atoms with van der Waals surface area (Å²) in [4.78, 5) is 12.5. The number of amides is 1. The third-order valence-electron chi connectivity index (χ3n) is 1.65. The van der Waals surface area contributed by atoms with E-state index in [0.717, 1.165) is 0 Å². The first-order valence-electron chi connectivity index (χ1n) is 3.83. The molecule has 0 radical (unpaired) electrons. The summed E-state index contributed by atoms with van der Waals surface area (Å²) < 4.78 is 0. The van der Waals surface area contributed by atoms with Crippen LogP contribution in [0.1, 0.15) is 20.3 Å². The maximum absolute atomic E-state index is 11.0. The second kappa shape index (κ2) is 4.34. The average Bonchev–Trinajstić information content (AvgIpc) is 1.87. The van der Waals surface area contributed by atoms with Crippen LogP contribution in [0.2, 0.25) is 0 Å². The maximum atomic E-state index is 11.0. The fraction of sp³-hybridized carbons (Fsp3) is 0.875. The van der Waals surface area contributed by atoms with Crippen LogP contribution >= 0.6 is 0 Å². The van der Waals surface area contributed by atoms with Crippen molar-refractivity contribution < 1.29 is 9.90 Å². The summed E-state index contributed by atoms with van der Waals surface area (Å²) in [6.07, 6.45) is -0.283. The SMILES string of the molecule is CC(C)C(O)CC(=O)N(C)C. The van der Waals surface area contributed by atoms with Gasteiger partial charge in [0.25, 0.3) is 0 Å². The molecule has 0 aromatic carbocycles. The van der Waals surface area contributed by atoms with Crippen molar-refractivity contribution in [2.24, 2.45) is 5.92 Å². The zero-order valence-electron chi connectivity index (χ0n) is 7.66. The highest BCUT2D eigenvalue weighted by molar-refractivity contribution is 5.76. The highest BCUT2D eigenvalue weighted by atomic mass is 16.3. The van der Waals surface area contributed by atoms with Crippen molar-refractivity contribution in [3.63, 3.8) is 0 Å². The van der Waals surface area contributed by atoms with Crippen LogP contribution in [-0.2, 0) is 4.79 Å². The van der Waals surface area contributed by atoms with Gasteiger partial charge in [0.15, 0.2) is 0 Å². The molecule has 0 aliphatic carbocycles. The highest BCUT2D eigenvalue weighted by Crippen LogP contribution is 2.06. The Balaban J connectivity index is 3.76. The van der Waals surface area contributed by atoms with E-state index in [1.54, 1.807) is 14.1 Å². The lowest BCUT2D eigenvalue weighted by atomic mass is 10.0. The molecule has 1 N–H and O–H groups in total. The molecule has 0 rings (SSSR count). The molecule has 0 spiro atoms. The van der Waals surface area contributed by atoms with E-state index in [0.29, 0.717) is 0 Å². The molecular weight excluding hydrogens is 142 g/mol. The average molecular weight is 159 g/mol. The Labute approximate surface area is 68.0 Å². The van der Waals surface area contributed by atoms with Gasteiger partial charge in [0.1, 0.15) is 0 Å². The Bertz CT molecular complexity index is 132. The molecule has 0 saturated heterocycles. The molecule has 66 valence electrons. The van der Waals surface area contributed by atoms with Gasteiger partial charge in [0, 0.05) is 14.1 Å². The van der Waals surface area contributed by atoms with Crippen molar-refractivity contribution in [1.29, 1.82) is 0 Å². The first kappa shape index (κ1) is 10.4. The van der Waals surface area contributed by atoms with Crippen molar-refractivity contribution in [1.82, 2.24) is 4.90 Å². The molecule has 0 aliphatic rings. The topological polar surface area (TPSA) is 40.5 Å². The van der Waals surface area contributed by atoms with Crippen LogP contribution in [0.3, 0.4) is 0 Å². The monoisotopic (exact) mass is 159 g/mol. The van der Waals surface area contributed by atoms with Crippen molar-refractivity contribution in [2.45, 2.75) is 26.4 Å². The minimum absolute atomic E-state index is 0.0220. The normalized spacial score (nSPS) is 13.3. The fourth-order valence-corrected chi connectivity index (χ4v) is 0.597. The number of carbonyl (C=O) groups excluding carboxylic acids is 1. The van der Waals surface area contributed by atoms with Crippen molar-refractivity contribution in [2.75, 3.05) is 14.1 Å². The van der Waals surface area contributed by atoms with Gasteiger partial charge in [0.05, 0.1) is 12.5 Å². The zero-order valence-corrected chi connectivity index (χ0v) is 7.66. The molecule has 0 aliphatic heterocycles. The van der Waals surface area contributed by atoms with Crippen LogP contribution in [0.25, 0.3) is 0 Å². The molecule has 1 atom stereocenters. The molecule has 11 heavy (non-hydrogen) atoms. The molecular formula is C8H17NO2. The predicted octanol–water partition coefficient (Wildman–Crippen LogP) is 0.482.